The van der Waals surface area contributed by atoms with Gasteiger partial charge >= 0.3 is 5.97 Å². The summed E-state index contributed by atoms with van der Waals surface area (Å²) in [5.41, 5.74) is 1.45. The quantitative estimate of drug-likeness (QED) is 0.482. The summed E-state index contributed by atoms with van der Waals surface area (Å²) in [6.45, 7) is 3.89. The van der Waals surface area contributed by atoms with Gasteiger partial charge in [-0.1, -0.05) is 48.1 Å². The van der Waals surface area contributed by atoms with Crippen LogP contribution in [0.4, 0.5) is 0 Å². The number of esters is 1. The zero-order valence-corrected chi connectivity index (χ0v) is 12.4. The maximum Gasteiger partial charge on any atom is 0.333 e. The normalized spacial score (nSPS) is 12.8. The highest BCUT2D eigenvalue weighted by molar-refractivity contribution is 6.31. The van der Waals surface area contributed by atoms with Crippen molar-refractivity contribution in [3.05, 3.63) is 65.0 Å². The maximum atomic E-state index is 11.3. The molecule has 106 valence electrons. The van der Waals surface area contributed by atoms with Gasteiger partial charge in [0, 0.05) is 11.8 Å². The molecule has 0 radical (unpaired) electrons. The Kier molecular flexibility index (Phi) is 7.22. The molecule has 1 N–H and O–H groups in total. The Balaban J connectivity index is 2.43. The van der Waals surface area contributed by atoms with Gasteiger partial charge in [0.25, 0.3) is 0 Å². The minimum atomic E-state index is -0.289. The second-order valence-corrected chi connectivity index (χ2v) is 4.35. The number of H-pyrrole nitrogens is 1. The zero-order chi connectivity index (χ0) is 14.8. The third kappa shape index (κ3) is 5.76. The van der Waals surface area contributed by atoms with E-state index in [0.29, 0.717) is 17.2 Å². The van der Waals surface area contributed by atoms with Gasteiger partial charge in [0.15, 0.2) is 0 Å². The van der Waals surface area contributed by atoms with E-state index in [4.69, 9.17) is 16.3 Å². The number of aromatic amines is 1. The molecule has 0 fully saturated rings. The molecule has 1 aromatic heterocycles. The third-order valence-electron chi connectivity index (χ3n) is 2.38. The summed E-state index contributed by atoms with van der Waals surface area (Å²) < 4.78 is 4.87. The lowest BCUT2D eigenvalue weighted by atomic mass is 10.2. The lowest BCUT2D eigenvalue weighted by Crippen LogP contribution is -2.04. The molecule has 20 heavy (non-hydrogen) atoms. The molecule has 0 aliphatic rings. The average molecular weight is 292 g/mol. The number of allylic oxidation sites excluding steroid dienone is 6. The van der Waals surface area contributed by atoms with Crippen molar-refractivity contribution in [3.8, 4) is 0 Å². The van der Waals surface area contributed by atoms with Crippen molar-refractivity contribution < 1.29 is 9.53 Å². The van der Waals surface area contributed by atoms with Gasteiger partial charge in [0.2, 0.25) is 0 Å². The van der Waals surface area contributed by atoms with E-state index in [2.05, 4.69) is 4.98 Å². The lowest BCUT2D eigenvalue weighted by molar-refractivity contribution is -0.138. The molecule has 0 aromatic carbocycles. The SMILES string of the molecule is CCOC(=O)/C(C)=C/C=C/C=C/C=C/c1[nH]ccc1Cl. The molecule has 0 bridgehead atoms. The summed E-state index contributed by atoms with van der Waals surface area (Å²) in [5, 5.41) is 0.693. The number of ether oxygens (including phenoxy) is 1. The molecular formula is C16H18ClNO2. The summed E-state index contributed by atoms with van der Waals surface area (Å²) in [6, 6.07) is 1.80. The van der Waals surface area contributed by atoms with Gasteiger partial charge in [-0.3, -0.25) is 0 Å². The Labute approximate surface area is 124 Å². The van der Waals surface area contributed by atoms with E-state index in [1.165, 1.54) is 0 Å². The number of carbonyl (C=O) groups excluding carboxylic acids is 1. The molecule has 3 nitrogen and oxygen atoms in total. The summed E-state index contributed by atoms with van der Waals surface area (Å²) in [7, 11) is 0. The fourth-order valence-corrected chi connectivity index (χ4v) is 1.53. The molecule has 4 heteroatoms. The standard InChI is InChI=1S/C16H18ClNO2/c1-3-20-16(19)13(2)9-7-5-4-6-8-10-15-14(17)11-12-18-15/h4-12,18H,3H2,1-2H3/b6-4+,7-5+,10-8+,13-9+. The molecular weight excluding hydrogens is 274 g/mol. The van der Waals surface area contributed by atoms with E-state index in [1.807, 2.05) is 30.4 Å². The van der Waals surface area contributed by atoms with Crippen molar-refractivity contribution in [3.63, 3.8) is 0 Å². The van der Waals surface area contributed by atoms with Gasteiger partial charge in [-0.15, -0.1) is 0 Å². The van der Waals surface area contributed by atoms with Crippen LogP contribution in [0.3, 0.4) is 0 Å². The minimum absolute atomic E-state index is 0.289. The molecule has 0 saturated carbocycles. The van der Waals surface area contributed by atoms with E-state index in [9.17, 15) is 4.79 Å². The Hall–Kier alpha value is -2.00. The van der Waals surface area contributed by atoms with Crippen LogP contribution in [0.5, 0.6) is 0 Å². The number of hydrogen-bond donors (Lipinski definition) is 1. The van der Waals surface area contributed by atoms with Crippen molar-refractivity contribution in [2.24, 2.45) is 0 Å². The van der Waals surface area contributed by atoms with E-state index in [0.717, 1.165) is 5.69 Å². The van der Waals surface area contributed by atoms with Crippen LogP contribution in [0.1, 0.15) is 19.5 Å². The van der Waals surface area contributed by atoms with E-state index >= 15 is 0 Å². The summed E-state index contributed by atoms with van der Waals surface area (Å²) >= 11 is 5.92. The van der Waals surface area contributed by atoms with Crippen LogP contribution >= 0.6 is 11.6 Å². The van der Waals surface area contributed by atoms with Crippen molar-refractivity contribution in [2.45, 2.75) is 13.8 Å². The van der Waals surface area contributed by atoms with Crippen molar-refractivity contribution in [2.75, 3.05) is 6.61 Å². The van der Waals surface area contributed by atoms with E-state index in [-0.39, 0.29) is 5.97 Å². The molecule has 0 aliphatic carbocycles. The Morgan fingerprint density at radius 1 is 1.30 bits per heavy atom. The van der Waals surface area contributed by atoms with Gasteiger partial charge in [0.1, 0.15) is 0 Å². The monoisotopic (exact) mass is 291 g/mol. The first-order valence-electron chi connectivity index (χ1n) is 6.33. The highest BCUT2D eigenvalue weighted by Crippen LogP contribution is 2.14. The Bertz CT molecular complexity index is 551. The molecule has 0 aliphatic heterocycles. The van der Waals surface area contributed by atoms with Gasteiger partial charge < -0.3 is 9.72 Å². The summed E-state index contributed by atoms with van der Waals surface area (Å²) in [6.07, 6.45) is 14.6. The lowest BCUT2D eigenvalue weighted by Gasteiger charge is -1.98. The zero-order valence-electron chi connectivity index (χ0n) is 11.6. The van der Waals surface area contributed by atoms with Crippen LogP contribution in [-0.2, 0) is 9.53 Å². The first kappa shape index (κ1) is 16.1. The summed E-state index contributed by atoms with van der Waals surface area (Å²) in [5.74, 6) is -0.289. The van der Waals surface area contributed by atoms with Crippen LogP contribution in [0, 0.1) is 0 Å². The van der Waals surface area contributed by atoms with Crippen LogP contribution in [0.25, 0.3) is 6.08 Å². The van der Waals surface area contributed by atoms with Crippen LogP contribution in [0.2, 0.25) is 5.02 Å². The second-order valence-electron chi connectivity index (χ2n) is 3.94. The molecule has 0 amide bonds. The van der Waals surface area contributed by atoms with Crippen molar-refractivity contribution >= 4 is 23.6 Å². The molecule has 1 rings (SSSR count). The smallest absolute Gasteiger partial charge is 0.333 e. The number of aromatic nitrogens is 1. The number of rotatable bonds is 6. The minimum Gasteiger partial charge on any atom is -0.463 e. The van der Waals surface area contributed by atoms with Gasteiger partial charge in [-0.2, -0.15) is 0 Å². The third-order valence-corrected chi connectivity index (χ3v) is 2.71. The van der Waals surface area contributed by atoms with Gasteiger partial charge in [0.05, 0.1) is 17.3 Å². The Morgan fingerprint density at radius 3 is 2.65 bits per heavy atom. The van der Waals surface area contributed by atoms with Crippen LogP contribution in [0.15, 0.2) is 54.3 Å². The van der Waals surface area contributed by atoms with Crippen molar-refractivity contribution in [1.82, 2.24) is 4.98 Å². The average Bonchev–Trinajstić information content (AvgIpc) is 2.83. The predicted octanol–water partition coefficient (Wildman–Crippen LogP) is 4.30. The highest BCUT2D eigenvalue weighted by atomic mass is 35.5. The number of hydrogen-bond acceptors (Lipinski definition) is 2. The Morgan fingerprint density at radius 2 is 2.00 bits per heavy atom. The molecule has 0 unspecified atom stereocenters. The number of halogens is 1. The highest BCUT2D eigenvalue weighted by Gasteiger charge is 2.01. The summed E-state index contributed by atoms with van der Waals surface area (Å²) in [4.78, 5) is 14.3. The topological polar surface area (TPSA) is 42.1 Å². The second kappa shape index (κ2) is 8.99. The molecule has 0 spiro atoms. The molecule has 0 atom stereocenters. The van der Waals surface area contributed by atoms with Crippen molar-refractivity contribution in [1.29, 1.82) is 0 Å². The predicted molar refractivity (Wildman–Crippen MR) is 83.5 cm³/mol. The first-order chi connectivity index (χ1) is 9.65. The van der Waals surface area contributed by atoms with Gasteiger partial charge in [-0.05, 0) is 26.0 Å². The van der Waals surface area contributed by atoms with Gasteiger partial charge in [-0.25, -0.2) is 4.79 Å². The number of carbonyl (C=O) groups is 1. The number of nitrogens with one attached hydrogen (secondary N) is 1. The molecule has 1 heterocycles. The fraction of sp³-hybridized carbons (Fsp3) is 0.188. The van der Waals surface area contributed by atoms with E-state index < -0.39 is 0 Å². The van der Waals surface area contributed by atoms with E-state index in [1.54, 1.807) is 38.3 Å². The first-order valence-corrected chi connectivity index (χ1v) is 6.71. The molecule has 0 saturated heterocycles. The molecule has 1 aromatic rings. The fourth-order valence-electron chi connectivity index (χ4n) is 1.35. The van der Waals surface area contributed by atoms with Crippen LogP contribution < -0.4 is 0 Å². The maximum absolute atomic E-state index is 11.3. The van der Waals surface area contributed by atoms with Crippen LogP contribution in [-0.4, -0.2) is 17.6 Å². The largest absolute Gasteiger partial charge is 0.463 e.